The Kier molecular flexibility index (Phi) is 5.30. The fourth-order valence-electron chi connectivity index (χ4n) is 2.13. The maximum atomic E-state index is 11.9. The van der Waals surface area contributed by atoms with Gasteiger partial charge in [-0.15, -0.1) is 0 Å². The van der Waals surface area contributed by atoms with Gasteiger partial charge in [-0.1, -0.05) is 25.1 Å². The molecule has 0 saturated heterocycles. The molecule has 2 aromatic rings. The zero-order chi connectivity index (χ0) is 15.9. The van der Waals surface area contributed by atoms with E-state index in [1.165, 1.54) is 17.1 Å². The van der Waals surface area contributed by atoms with E-state index in [0.717, 1.165) is 17.7 Å². The lowest BCUT2D eigenvalue weighted by Crippen LogP contribution is -2.34. The number of benzene rings is 1. The summed E-state index contributed by atoms with van der Waals surface area (Å²) >= 11 is 0. The van der Waals surface area contributed by atoms with Gasteiger partial charge in [0, 0.05) is 30.5 Å². The number of para-hydroxylation sites is 1. The minimum Gasteiger partial charge on any atom is -0.336 e. The number of amides is 2. The highest BCUT2D eigenvalue weighted by molar-refractivity contribution is 5.90. The van der Waals surface area contributed by atoms with Crippen molar-refractivity contribution in [1.82, 2.24) is 14.9 Å². The number of carbonyl (C=O) groups excluding carboxylic acids is 1. The molecule has 6 nitrogen and oxygen atoms in total. The van der Waals surface area contributed by atoms with Gasteiger partial charge in [0.05, 0.1) is 6.33 Å². The second kappa shape index (κ2) is 7.40. The van der Waals surface area contributed by atoms with Gasteiger partial charge in [0.1, 0.15) is 0 Å². The highest BCUT2D eigenvalue weighted by Gasteiger charge is 2.05. The lowest BCUT2D eigenvalue weighted by atomic mass is 10.1. The van der Waals surface area contributed by atoms with Crippen molar-refractivity contribution >= 4 is 11.7 Å². The van der Waals surface area contributed by atoms with Crippen LogP contribution in [0.25, 0.3) is 0 Å². The molecule has 0 atom stereocenters. The molecular weight excluding hydrogens is 280 g/mol. The molecule has 22 heavy (non-hydrogen) atoms. The van der Waals surface area contributed by atoms with Crippen LogP contribution in [0.2, 0.25) is 0 Å². The molecule has 0 unspecified atom stereocenters. The Labute approximate surface area is 129 Å². The van der Waals surface area contributed by atoms with Gasteiger partial charge in [-0.3, -0.25) is 9.36 Å². The fraction of sp³-hybridized carbons (Fsp3) is 0.312. The summed E-state index contributed by atoms with van der Waals surface area (Å²) in [6.07, 6.45) is 3.85. The third-order valence-corrected chi connectivity index (χ3v) is 3.36. The molecular formula is C16H20N4O2. The number of hydrogen-bond acceptors (Lipinski definition) is 3. The van der Waals surface area contributed by atoms with Gasteiger partial charge in [0.2, 0.25) is 0 Å². The Morgan fingerprint density at radius 3 is 2.86 bits per heavy atom. The van der Waals surface area contributed by atoms with Crippen molar-refractivity contribution in [2.75, 3.05) is 11.9 Å². The second-order valence-electron chi connectivity index (χ2n) is 4.97. The standard InChI is InChI=1S/C16H20N4O2/c1-3-13-6-4-5-7-14(13)19-16(22)18-8-9-20-11-17-10-12(2)15(20)21/h4-7,10-11H,3,8-9H2,1-2H3,(H2,18,19,22). The predicted molar refractivity (Wildman–Crippen MR) is 86.1 cm³/mol. The van der Waals surface area contributed by atoms with Crippen molar-refractivity contribution in [3.8, 4) is 0 Å². The van der Waals surface area contributed by atoms with Gasteiger partial charge >= 0.3 is 6.03 Å². The number of hydrogen-bond donors (Lipinski definition) is 2. The molecule has 0 aliphatic heterocycles. The Hall–Kier alpha value is -2.63. The molecule has 0 aliphatic rings. The van der Waals surface area contributed by atoms with Gasteiger partial charge in [0.25, 0.3) is 5.56 Å². The molecule has 1 aromatic carbocycles. The first-order valence-electron chi connectivity index (χ1n) is 7.25. The zero-order valence-corrected chi connectivity index (χ0v) is 12.8. The lowest BCUT2D eigenvalue weighted by Gasteiger charge is -2.11. The van der Waals surface area contributed by atoms with Crippen LogP contribution >= 0.6 is 0 Å². The molecule has 0 spiro atoms. The topological polar surface area (TPSA) is 76.0 Å². The fourth-order valence-corrected chi connectivity index (χ4v) is 2.13. The van der Waals surface area contributed by atoms with Crippen molar-refractivity contribution in [2.45, 2.75) is 26.8 Å². The molecule has 2 rings (SSSR count). The normalized spacial score (nSPS) is 10.3. The van der Waals surface area contributed by atoms with E-state index < -0.39 is 0 Å². The van der Waals surface area contributed by atoms with Crippen LogP contribution in [0.1, 0.15) is 18.1 Å². The molecule has 6 heteroatoms. The highest BCUT2D eigenvalue weighted by atomic mass is 16.2. The maximum absolute atomic E-state index is 11.9. The third kappa shape index (κ3) is 3.94. The summed E-state index contributed by atoms with van der Waals surface area (Å²) in [4.78, 5) is 27.7. The molecule has 2 N–H and O–H groups in total. The summed E-state index contributed by atoms with van der Waals surface area (Å²) in [6.45, 7) is 4.49. The van der Waals surface area contributed by atoms with E-state index in [1.807, 2.05) is 31.2 Å². The molecule has 2 amide bonds. The van der Waals surface area contributed by atoms with Crippen LogP contribution in [0.5, 0.6) is 0 Å². The van der Waals surface area contributed by atoms with Crippen LogP contribution in [0.15, 0.2) is 41.6 Å². The quantitative estimate of drug-likeness (QED) is 0.886. The second-order valence-corrected chi connectivity index (χ2v) is 4.97. The predicted octanol–water partition coefficient (Wildman–Crippen LogP) is 1.94. The van der Waals surface area contributed by atoms with Crippen molar-refractivity contribution in [3.05, 3.63) is 58.3 Å². The number of nitrogens with one attached hydrogen (secondary N) is 2. The summed E-state index contributed by atoms with van der Waals surface area (Å²) < 4.78 is 1.48. The van der Waals surface area contributed by atoms with E-state index >= 15 is 0 Å². The van der Waals surface area contributed by atoms with E-state index in [9.17, 15) is 9.59 Å². The smallest absolute Gasteiger partial charge is 0.319 e. The number of urea groups is 1. The van der Waals surface area contributed by atoms with Crippen LogP contribution in [0.3, 0.4) is 0 Å². The highest BCUT2D eigenvalue weighted by Crippen LogP contribution is 2.14. The number of nitrogens with zero attached hydrogens (tertiary/aromatic N) is 2. The average molecular weight is 300 g/mol. The van der Waals surface area contributed by atoms with Crippen LogP contribution in [-0.4, -0.2) is 22.1 Å². The first-order valence-corrected chi connectivity index (χ1v) is 7.25. The molecule has 1 aromatic heterocycles. The number of rotatable bonds is 5. The zero-order valence-electron chi connectivity index (χ0n) is 12.8. The maximum Gasteiger partial charge on any atom is 0.319 e. The third-order valence-electron chi connectivity index (χ3n) is 3.36. The minimum atomic E-state index is -0.283. The first kappa shape index (κ1) is 15.8. The molecule has 0 aliphatic carbocycles. The molecule has 0 bridgehead atoms. The van der Waals surface area contributed by atoms with Crippen molar-refractivity contribution < 1.29 is 4.79 Å². The van der Waals surface area contributed by atoms with E-state index in [-0.39, 0.29) is 11.6 Å². The van der Waals surface area contributed by atoms with E-state index in [2.05, 4.69) is 15.6 Å². The van der Waals surface area contributed by atoms with Gasteiger partial charge < -0.3 is 10.6 Å². The molecule has 0 saturated carbocycles. The van der Waals surface area contributed by atoms with Gasteiger partial charge in [-0.2, -0.15) is 0 Å². The lowest BCUT2D eigenvalue weighted by molar-refractivity contribution is 0.251. The first-order chi connectivity index (χ1) is 10.6. The van der Waals surface area contributed by atoms with Gasteiger partial charge in [-0.25, -0.2) is 9.78 Å². The number of anilines is 1. The van der Waals surface area contributed by atoms with Crippen LogP contribution < -0.4 is 16.2 Å². The number of carbonyl (C=O) groups is 1. The molecule has 116 valence electrons. The van der Waals surface area contributed by atoms with Crippen LogP contribution in [0, 0.1) is 6.92 Å². The Bertz CT molecular complexity index is 709. The van der Waals surface area contributed by atoms with Crippen molar-refractivity contribution in [1.29, 1.82) is 0 Å². The summed E-state index contributed by atoms with van der Waals surface area (Å²) in [5.41, 5.74) is 2.38. The monoisotopic (exact) mass is 300 g/mol. The summed E-state index contributed by atoms with van der Waals surface area (Å²) in [5, 5.41) is 5.56. The number of aromatic nitrogens is 2. The van der Waals surface area contributed by atoms with Crippen molar-refractivity contribution in [3.63, 3.8) is 0 Å². The summed E-state index contributed by atoms with van der Waals surface area (Å²) in [7, 11) is 0. The molecule has 0 fully saturated rings. The van der Waals surface area contributed by atoms with E-state index in [1.54, 1.807) is 6.92 Å². The molecule has 1 heterocycles. The van der Waals surface area contributed by atoms with Crippen LogP contribution in [0.4, 0.5) is 10.5 Å². The van der Waals surface area contributed by atoms with Crippen LogP contribution in [-0.2, 0) is 13.0 Å². The SMILES string of the molecule is CCc1ccccc1NC(=O)NCCn1cncc(C)c1=O. The van der Waals surface area contributed by atoms with E-state index in [4.69, 9.17) is 0 Å². The van der Waals surface area contributed by atoms with Gasteiger partial charge in [-0.05, 0) is 25.0 Å². The summed E-state index contributed by atoms with van der Waals surface area (Å²) in [5.74, 6) is 0. The Morgan fingerprint density at radius 1 is 1.32 bits per heavy atom. The summed E-state index contributed by atoms with van der Waals surface area (Å²) in [6, 6.07) is 7.39. The average Bonchev–Trinajstić information content (AvgIpc) is 2.52. The van der Waals surface area contributed by atoms with E-state index in [0.29, 0.717) is 18.7 Å². The van der Waals surface area contributed by atoms with Gasteiger partial charge in [0.15, 0.2) is 0 Å². The van der Waals surface area contributed by atoms with Crippen molar-refractivity contribution in [2.24, 2.45) is 0 Å². The largest absolute Gasteiger partial charge is 0.336 e. The Balaban J connectivity index is 1.88. The number of aryl methyl sites for hydroxylation is 2. The minimum absolute atomic E-state index is 0.0893. The molecule has 0 radical (unpaired) electrons. The Morgan fingerprint density at radius 2 is 2.09 bits per heavy atom.